The minimum atomic E-state index is -0.0276. The third-order valence-electron chi connectivity index (χ3n) is 3.71. The third-order valence-corrected chi connectivity index (χ3v) is 4.60. The number of carbonyl (C=O) groups is 1. The van der Waals surface area contributed by atoms with Crippen LogP contribution in [0.3, 0.4) is 0 Å². The van der Waals surface area contributed by atoms with Crippen LogP contribution in [0.2, 0.25) is 0 Å². The first kappa shape index (κ1) is 18.7. The smallest absolute Gasteiger partial charge is 0.273 e. The predicted molar refractivity (Wildman–Crippen MR) is 99.1 cm³/mol. The van der Waals surface area contributed by atoms with Crippen molar-refractivity contribution in [3.8, 4) is 16.3 Å². The number of nitrogens with two attached hydrogens (primary N) is 1. The molecule has 0 saturated carbocycles. The van der Waals surface area contributed by atoms with E-state index in [0.717, 1.165) is 22.7 Å². The molecule has 0 aliphatic carbocycles. The fourth-order valence-corrected chi connectivity index (χ4v) is 3.39. The van der Waals surface area contributed by atoms with Gasteiger partial charge in [0.15, 0.2) is 0 Å². The molecule has 130 valence electrons. The molecule has 0 bridgehead atoms. The molecule has 7 heteroatoms. The number of rotatable bonds is 4. The Morgan fingerprint density at radius 3 is 2.67 bits per heavy atom. The van der Waals surface area contributed by atoms with Crippen LogP contribution in [0.1, 0.15) is 30.8 Å². The summed E-state index contributed by atoms with van der Waals surface area (Å²) in [5, 5.41) is 2.66. The first-order valence-electron chi connectivity index (χ1n) is 7.80. The summed E-state index contributed by atoms with van der Waals surface area (Å²) in [6.07, 6.45) is 1.01. The molecule has 1 amide bonds. The number of likely N-dealkylation sites (tertiary alicyclic amines) is 1. The van der Waals surface area contributed by atoms with E-state index in [-0.39, 0.29) is 30.5 Å². The van der Waals surface area contributed by atoms with Crippen molar-refractivity contribution in [2.24, 2.45) is 5.73 Å². The highest BCUT2D eigenvalue weighted by atomic mass is 35.5. The molecule has 2 heterocycles. The van der Waals surface area contributed by atoms with Gasteiger partial charge >= 0.3 is 0 Å². The molecule has 1 fully saturated rings. The molecule has 1 aliphatic heterocycles. The van der Waals surface area contributed by atoms with Crippen molar-refractivity contribution < 1.29 is 9.53 Å². The first-order chi connectivity index (χ1) is 11.0. The quantitative estimate of drug-likeness (QED) is 0.901. The zero-order valence-corrected chi connectivity index (χ0v) is 15.4. The lowest BCUT2D eigenvalue weighted by molar-refractivity contribution is 0.0786. The zero-order valence-electron chi connectivity index (χ0n) is 13.8. The number of nitrogens with zero attached hydrogens (tertiary/aromatic N) is 2. The summed E-state index contributed by atoms with van der Waals surface area (Å²) in [4.78, 5) is 18.7. The van der Waals surface area contributed by atoms with Gasteiger partial charge in [0.2, 0.25) is 0 Å². The number of ether oxygens (including phenoxy) is 1. The summed E-state index contributed by atoms with van der Waals surface area (Å²) in [5.41, 5.74) is 7.35. The lowest BCUT2D eigenvalue weighted by atomic mass is 10.2. The van der Waals surface area contributed by atoms with Crippen LogP contribution < -0.4 is 10.5 Å². The SMILES string of the molecule is CC(C)Oc1ccc(-c2nc(C(=O)N3CC[C@@H](N)C3)cs2)cc1.Cl. The van der Waals surface area contributed by atoms with Gasteiger partial charge in [-0.15, -0.1) is 23.7 Å². The lowest BCUT2D eigenvalue weighted by Crippen LogP contribution is -2.32. The highest BCUT2D eigenvalue weighted by Gasteiger charge is 2.26. The van der Waals surface area contributed by atoms with Crippen LogP contribution in [0.25, 0.3) is 10.6 Å². The Kier molecular flexibility index (Phi) is 6.21. The maximum Gasteiger partial charge on any atom is 0.273 e. The molecule has 0 spiro atoms. The largest absolute Gasteiger partial charge is 0.491 e. The van der Waals surface area contributed by atoms with E-state index in [4.69, 9.17) is 10.5 Å². The van der Waals surface area contributed by atoms with Gasteiger partial charge in [0.1, 0.15) is 16.5 Å². The van der Waals surface area contributed by atoms with Gasteiger partial charge < -0.3 is 15.4 Å². The first-order valence-corrected chi connectivity index (χ1v) is 8.68. The maximum absolute atomic E-state index is 12.4. The van der Waals surface area contributed by atoms with Crippen molar-refractivity contribution in [2.75, 3.05) is 13.1 Å². The average molecular weight is 368 g/mol. The van der Waals surface area contributed by atoms with Gasteiger partial charge in [-0.1, -0.05) is 0 Å². The van der Waals surface area contributed by atoms with Gasteiger partial charge in [-0.05, 0) is 44.5 Å². The molecular weight excluding hydrogens is 346 g/mol. The molecule has 0 radical (unpaired) electrons. The number of aromatic nitrogens is 1. The zero-order chi connectivity index (χ0) is 16.4. The Labute approximate surface area is 152 Å². The standard InChI is InChI=1S/C17H21N3O2S.ClH/c1-11(2)22-14-5-3-12(4-6-14)16-19-15(10-23-16)17(21)20-8-7-13(18)9-20;/h3-6,10-11,13H,7-9,18H2,1-2H3;1H/t13-;/m1./s1. The van der Waals surface area contributed by atoms with Crippen LogP contribution >= 0.6 is 23.7 Å². The summed E-state index contributed by atoms with van der Waals surface area (Å²) in [5.74, 6) is 0.808. The van der Waals surface area contributed by atoms with Gasteiger partial charge in [-0.2, -0.15) is 0 Å². The van der Waals surface area contributed by atoms with E-state index >= 15 is 0 Å². The molecule has 1 aromatic carbocycles. The number of halogens is 1. The van der Waals surface area contributed by atoms with E-state index in [1.165, 1.54) is 11.3 Å². The number of thiazole rings is 1. The summed E-state index contributed by atoms with van der Waals surface area (Å²) in [6.45, 7) is 5.33. The number of benzene rings is 1. The fraction of sp³-hybridized carbons (Fsp3) is 0.412. The molecule has 2 aromatic rings. The van der Waals surface area contributed by atoms with Crippen molar-refractivity contribution >= 4 is 29.7 Å². The number of amides is 1. The van der Waals surface area contributed by atoms with Crippen molar-refractivity contribution in [2.45, 2.75) is 32.4 Å². The molecule has 1 saturated heterocycles. The van der Waals surface area contributed by atoms with Crippen molar-refractivity contribution in [1.29, 1.82) is 0 Å². The monoisotopic (exact) mass is 367 g/mol. The predicted octanol–water partition coefficient (Wildman–Crippen LogP) is 3.19. The maximum atomic E-state index is 12.4. The summed E-state index contributed by atoms with van der Waals surface area (Å²) in [7, 11) is 0. The Bertz CT molecular complexity index is 687. The van der Waals surface area contributed by atoms with E-state index in [2.05, 4.69) is 4.98 Å². The van der Waals surface area contributed by atoms with Gasteiger partial charge in [0.05, 0.1) is 6.10 Å². The second-order valence-electron chi connectivity index (χ2n) is 6.03. The molecule has 0 unspecified atom stereocenters. The highest BCUT2D eigenvalue weighted by molar-refractivity contribution is 7.13. The van der Waals surface area contributed by atoms with Crippen LogP contribution in [0, 0.1) is 0 Å². The van der Waals surface area contributed by atoms with E-state index in [1.54, 1.807) is 4.90 Å². The Balaban J connectivity index is 0.00000208. The molecule has 3 rings (SSSR count). The fourth-order valence-electron chi connectivity index (χ4n) is 2.59. The third kappa shape index (κ3) is 4.26. The molecule has 1 aromatic heterocycles. The normalized spacial score (nSPS) is 17.0. The average Bonchev–Trinajstić information content (AvgIpc) is 3.16. The molecule has 2 N–H and O–H groups in total. The highest BCUT2D eigenvalue weighted by Crippen LogP contribution is 2.27. The van der Waals surface area contributed by atoms with Crippen LogP contribution in [0.5, 0.6) is 5.75 Å². The molecule has 1 atom stereocenters. The Morgan fingerprint density at radius 2 is 2.08 bits per heavy atom. The second kappa shape index (κ2) is 7.96. The van der Waals surface area contributed by atoms with Gasteiger partial charge in [-0.3, -0.25) is 4.79 Å². The number of carbonyl (C=O) groups excluding carboxylic acids is 1. The molecular formula is C17H22ClN3O2S. The van der Waals surface area contributed by atoms with Crippen LogP contribution in [-0.4, -0.2) is 41.0 Å². The Morgan fingerprint density at radius 1 is 1.38 bits per heavy atom. The van der Waals surface area contributed by atoms with E-state index in [0.29, 0.717) is 18.8 Å². The van der Waals surface area contributed by atoms with Gasteiger partial charge in [0.25, 0.3) is 5.91 Å². The molecule has 24 heavy (non-hydrogen) atoms. The lowest BCUT2D eigenvalue weighted by Gasteiger charge is -2.13. The molecule has 5 nitrogen and oxygen atoms in total. The van der Waals surface area contributed by atoms with Gasteiger partial charge in [-0.25, -0.2) is 4.98 Å². The number of hydrogen-bond acceptors (Lipinski definition) is 5. The number of hydrogen-bond donors (Lipinski definition) is 1. The summed E-state index contributed by atoms with van der Waals surface area (Å²) >= 11 is 1.48. The van der Waals surface area contributed by atoms with E-state index < -0.39 is 0 Å². The Hall–Kier alpha value is -1.63. The minimum absolute atomic E-state index is 0. The van der Waals surface area contributed by atoms with Crippen LogP contribution in [0.4, 0.5) is 0 Å². The molecule has 1 aliphatic rings. The second-order valence-corrected chi connectivity index (χ2v) is 6.89. The topological polar surface area (TPSA) is 68.5 Å². The summed E-state index contributed by atoms with van der Waals surface area (Å²) < 4.78 is 5.64. The summed E-state index contributed by atoms with van der Waals surface area (Å²) in [6, 6.07) is 7.88. The van der Waals surface area contributed by atoms with Crippen molar-refractivity contribution in [3.05, 3.63) is 35.3 Å². The van der Waals surface area contributed by atoms with Crippen LogP contribution in [-0.2, 0) is 0 Å². The minimum Gasteiger partial charge on any atom is -0.491 e. The van der Waals surface area contributed by atoms with Crippen molar-refractivity contribution in [3.63, 3.8) is 0 Å². The van der Waals surface area contributed by atoms with Crippen LogP contribution in [0.15, 0.2) is 29.6 Å². The van der Waals surface area contributed by atoms with E-state index in [1.807, 2.05) is 43.5 Å². The van der Waals surface area contributed by atoms with Crippen molar-refractivity contribution in [1.82, 2.24) is 9.88 Å². The van der Waals surface area contributed by atoms with Gasteiger partial charge in [0, 0.05) is 30.1 Å². The van der Waals surface area contributed by atoms with E-state index in [9.17, 15) is 4.79 Å².